The molecule has 0 aromatic heterocycles. The maximum absolute atomic E-state index is 12.2. The molecule has 0 atom stereocenters. The number of likely N-dealkylation sites (tertiary alicyclic amines) is 1. The normalized spacial score (nSPS) is 19.7. The number of anilines is 1. The molecule has 1 saturated heterocycles. The highest BCUT2D eigenvalue weighted by Gasteiger charge is 2.33. The SMILES string of the molecule is O=S1(=O)N=C(N2CCC(Nc3ccccc3)CC2)c2ccccc21. The highest BCUT2D eigenvalue weighted by molar-refractivity contribution is 7.90. The molecule has 1 fully saturated rings. The van der Waals surface area contributed by atoms with Crippen molar-refractivity contribution >= 4 is 21.5 Å². The summed E-state index contributed by atoms with van der Waals surface area (Å²) in [7, 11) is -3.54. The second-order valence-electron chi connectivity index (χ2n) is 6.16. The molecule has 24 heavy (non-hydrogen) atoms. The molecule has 0 bridgehead atoms. The molecule has 5 nitrogen and oxygen atoms in total. The standard InChI is InChI=1S/C18H19N3O2S/c22-24(23)17-9-5-4-8-16(17)18(20-24)21-12-10-15(11-13-21)19-14-6-2-1-3-7-14/h1-9,15,19H,10-13H2. The predicted molar refractivity (Wildman–Crippen MR) is 94.8 cm³/mol. The van der Waals surface area contributed by atoms with Crippen LogP contribution in [0.3, 0.4) is 0 Å². The van der Waals surface area contributed by atoms with Gasteiger partial charge < -0.3 is 10.2 Å². The van der Waals surface area contributed by atoms with Crippen LogP contribution in [0.2, 0.25) is 0 Å². The first-order valence-electron chi connectivity index (χ1n) is 8.14. The van der Waals surface area contributed by atoms with E-state index in [0.29, 0.717) is 16.8 Å². The van der Waals surface area contributed by atoms with E-state index in [1.807, 2.05) is 30.3 Å². The van der Waals surface area contributed by atoms with Crippen LogP contribution in [0.15, 0.2) is 63.9 Å². The second-order valence-corrected chi connectivity index (χ2v) is 7.73. The van der Waals surface area contributed by atoms with Gasteiger partial charge in [-0.2, -0.15) is 8.42 Å². The van der Waals surface area contributed by atoms with E-state index in [-0.39, 0.29) is 0 Å². The van der Waals surface area contributed by atoms with Crippen LogP contribution in [0, 0.1) is 0 Å². The maximum Gasteiger partial charge on any atom is 0.285 e. The van der Waals surface area contributed by atoms with Crippen molar-refractivity contribution in [3.8, 4) is 0 Å². The number of para-hydroxylation sites is 1. The van der Waals surface area contributed by atoms with Crippen LogP contribution in [-0.2, 0) is 10.0 Å². The zero-order chi connectivity index (χ0) is 16.6. The molecule has 0 amide bonds. The minimum absolute atomic E-state index is 0.324. The fourth-order valence-corrected chi connectivity index (χ4v) is 4.55. The zero-order valence-electron chi connectivity index (χ0n) is 13.2. The Morgan fingerprint density at radius 3 is 2.38 bits per heavy atom. The Balaban J connectivity index is 1.47. The number of fused-ring (bicyclic) bond motifs is 1. The average molecular weight is 341 g/mol. The van der Waals surface area contributed by atoms with E-state index < -0.39 is 10.0 Å². The monoisotopic (exact) mass is 341 g/mol. The molecule has 124 valence electrons. The van der Waals surface area contributed by atoms with E-state index >= 15 is 0 Å². The van der Waals surface area contributed by atoms with Gasteiger partial charge in [0.1, 0.15) is 4.90 Å². The van der Waals surface area contributed by atoms with Gasteiger partial charge in [-0.1, -0.05) is 30.3 Å². The molecule has 2 aliphatic heterocycles. The molecule has 1 N–H and O–H groups in total. The second kappa shape index (κ2) is 5.94. The molecule has 2 heterocycles. The smallest absolute Gasteiger partial charge is 0.285 e. The van der Waals surface area contributed by atoms with Crippen LogP contribution < -0.4 is 5.32 Å². The van der Waals surface area contributed by atoms with Gasteiger partial charge in [-0.25, -0.2) is 0 Å². The third-order valence-electron chi connectivity index (χ3n) is 4.55. The molecular weight excluding hydrogens is 322 g/mol. The highest BCUT2D eigenvalue weighted by atomic mass is 32.2. The van der Waals surface area contributed by atoms with Crippen molar-refractivity contribution in [1.82, 2.24) is 4.90 Å². The van der Waals surface area contributed by atoms with E-state index in [9.17, 15) is 8.42 Å². The van der Waals surface area contributed by atoms with Crippen molar-refractivity contribution in [3.63, 3.8) is 0 Å². The van der Waals surface area contributed by atoms with Crippen LogP contribution in [0.1, 0.15) is 18.4 Å². The first-order valence-corrected chi connectivity index (χ1v) is 9.58. The fourth-order valence-electron chi connectivity index (χ4n) is 3.32. The molecule has 6 heteroatoms. The number of hydrogen-bond donors (Lipinski definition) is 1. The van der Waals surface area contributed by atoms with Gasteiger partial charge in [-0.05, 0) is 37.1 Å². The molecule has 4 rings (SSSR count). The minimum atomic E-state index is -3.54. The largest absolute Gasteiger partial charge is 0.382 e. The van der Waals surface area contributed by atoms with Gasteiger partial charge in [-0.3, -0.25) is 0 Å². The van der Waals surface area contributed by atoms with Crippen molar-refractivity contribution < 1.29 is 8.42 Å². The minimum Gasteiger partial charge on any atom is -0.382 e. The lowest BCUT2D eigenvalue weighted by atomic mass is 10.0. The van der Waals surface area contributed by atoms with Crippen molar-refractivity contribution in [2.24, 2.45) is 4.40 Å². The number of rotatable bonds is 2. The van der Waals surface area contributed by atoms with E-state index in [1.165, 1.54) is 0 Å². The number of piperidine rings is 1. The first kappa shape index (κ1) is 15.2. The van der Waals surface area contributed by atoms with Crippen LogP contribution >= 0.6 is 0 Å². The average Bonchev–Trinajstić information content (AvgIpc) is 2.88. The third kappa shape index (κ3) is 2.78. The fraction of sp³-hybridized carbons (Fsp3) is 0.278. The van der Waals surface area contributed by atoms with Gasteiger partial charge in [0, 0.05) is 30.4 Å². The van der Waals surface area contributed by atoms with Crippen molar-refractivity contribution in [3.05, 3.63) is 60.2 Å². The lowest BCUT2D eigenvalue weighted by Crippen LogP contribution is -2.42. The Morgan fingerprint density at radius 1 is 0.958 bits per heavy atom. The van der Waals surface area contributed by atoms with Crippen LogP contribution in [0.4, 0.5) is 5.69 Å². The number of hydrogen-bond acceptors (Lipinski definition) is 4. The summed E-state index contributed by atoms with van der Waals surface area (Å²) in [4.78, 5) is 2.41. The summed E-state index contributed by atoms with van der Waals surface area (Å²) in [6, 6.07) is 17.6. The molecule has 2 aromatic rings. The Hall–Kier alpha value is -2.34. The number of nitrogens with zero attached hydrogens (tertiary/aromatic N) is 2. The first-order chi connectivity index (χ1) is 11.6. The molecule has 0 unspecified atom stereocenters. The highest BCUT2D eigenvalue weighted by Crippen LogP contribution is 2.29. The third-order valence-corrected chi connectivity index (χ3v) is 5.88. The van der Waals surface area contributed by atoms with Gasteiger partial charge in [0.2, 0.25) is 0 Å². The number of benzene rings is 2. The lowest BCUT2D eigenvalue weighted by molar-refractivity contribution is 0.325. The summed E-state index contributed by atoms with van der Waals surface area (Å²) in [6.07, 6.45) is 1.91. The van der Waals surface area contributed by atoms with Crippen LogP contribution in [0.5, 0.6) is 0 Å². The summed E-state index contributed by atoms with van der Waals surface area (Å²) in [6.45, 7) is 1.60. The van der Waals surface area contributed by atoms with Crippen LogP contribution in [-0.4, -0.2) is 38.3 Å². The van der Waals surface area contributed by atoms with E-state index in [4.69, 9.17) is 0 Å². The van der Waals surface area contributed by atoms with Gasteiger partial charge in [0.05, 0.1) is 0 Å². The Bertz CT molecular complexity index is 870. The van der Waals surface area contributed by atoms with E-state index in [2.05, 4.69) is 26.7 Å². The Kier molecular flexibility index (Phi) is 3.76. The van der Waals surface area contributed by atoms with Crippen molar-refractivity contribution in [2.45, 2.75) is 23.8 Å². The molecular formula is C18H19N3O2S. The van der Waals surface area contributed by atoms with E-state index in [1.54, 1.807) is 12.1 Å². The molecule has 2 aromatic carbocycles. The van der Waals surface area contributed by atoms with Crippen LogP contribution in [0.25, 0.3) is 0 Å². The van der Waals surface area contributed by atoms with Crippen molar-refractivity contribution in [2.75, 3.05) is 18.4 Å². The number of sulfonamides is 1. The Labute approximate surface area is 142 Å². The lowest BCUT2D eigenvalue weighted by Gasteiger charge is -2.34. The summed E-state index contributed by atoms with van der Waals surface area (Å²) in [5.41, 5.74) is 1.86. The summed E-state index contributed by atoms with van der Waals surface area (Å²) in [5, 5.41) is 3.54. The summed E-state index contributed by atoms with van der Waals surface area (Å²) < 4.78 is 28.4. The zero-order valence-corrected chi connectivity index (χ0v) is 14.0. The summed E-state index contributed by atoms with van der Waals surface area (Å²) in [5.74, 6) is 0.601. The Morgan fingerprint density at radius 2 is 1.62 bits per heavy atom. The summed E-state index contributed by atoms with van der Waals surface area (Å²) >= 11 is 0. The molecule has 0 aliphatic carbocycles. The number of amidine groups is 1. The van der Waals surface area contributed by atoms with E-state index in [0.717, 1.165) is 37.2 Å². The van der Waals surface area contributed by atoms with Gasteiger partial charge >= 0.3 is 0 Å². The number of nitrogens with one attached hydrogen (secondary N) is 1. The predicted octanol–water partition coefficient (Wildman–Crippen LogP) is 2.71. The van der Waals surface area contributed by atoms with Gasteiger partial charge in [-0.15, -0.1) is 4.40 Å². The molecule has 2 aliphatic rings. The topological polar surface area (TPSA) is 61.8 Å². The van der Waals surface area contributed by atoms with Gasteiger partial charge in [0.15, 0.2) is 5.84 Å². The molecule has 0 radical (unpaired) electrons. The maximum atomic E-state index is 12.2. The molecule has 0 saturated carbocycles. The van der Waals surface area contributed by atoms with Gasteiger partial charge in [0.25, 0.3) is 10.0 Å². The quantitative estimate of drug-likeness (QED) is 0.912. The van der Waals surface area contributed by atoms with Crippen molar-refractivity contribution in [1.29, 1.82) is 0 Å². The molecule has 0 spiro atoms.